The van der Waals surface area contributed by atoms with Crippen LogP contribution in [-0.4, -0.2) is 51.9 Å². The second kappa shape index (κ2) is 12.7. The number of guanidine groups is 1. The Labute approximate surface area is 188 Å². The molecule has 1 unspecified atom stereocenters. The molecule has 1 atom stereocenters. The predicted octanol–water partition coefficient (Wildman–Crippen LogP) is 3.43. The molecule has 0 amide bonds. The van der Waals surface area contributed by atoms with Crippen LogP contribution in [0.1, 0.15) is 18.6 Å². The van der Waals surface area contributed by atoms with Crippen molar-refractivity contribution < 1.29 is 13.5 Å². The number of rotatable bonds is 8. The Balaban J connectivity index is 0.00000300. The van der Waals surface area contributed by atoms with Crippen LogP contribution in [0.15, 0.2) is 52.1 Å². The monoisotopic (exact) mass is 516 g/mol. The van der Waals surface area contributed by atoms with Gasteiger partial charge >= 0.3 is 0 Å². The van der Waals surface area contributed by atoms with E-state index in [1.807, 2.05) is 18.2 Å². The Kier molecular flexibility index (Phi) is 10.3. The molecular weight excluding hydrogens is 486 g/mol. The van der Waals surface area contributed by atoms with Crippen LogP contribution in [0.5, 0.6) is 0 Å². The van der Waals surface area contributed by atoms with Gasteiger partial charge in [0, 0.05) is 44.9 Å². The third-order valence-corrected chi connectivity index (χ3v) is 4.74. The molecule has 0 spiro atoms. The standard InChI is InChI=1S/C21H29FN4O2.HI/c1-27-14-11-24-21(23-10-9-20-8-4-13-28-20)25-18-6-3-12-26(16-18)19-7-2-5-17(22)15-19;/h2,4-5,7-8,13,15,18H,3,6,9-12,14,16H2,1H3,(H2,23,24,25);1H. The summed E-state index contributed by atoms with van der Waals surface area (Å²) in [5.41, 5.74) is 0.926. The number of hydrogen-bond donors (Lipinski definition) is 2. The molecule has 0 aliphatic carbocycles. The lowest BCUT2D eigenvalue weighted by atomic mass is 10.0. The number of anilines is 1. The van der Waals surface area contributed by atoms with Gasteiger partial charge in [0.15, 0.2) is 5.96 Å². The molecule has 1 aliphatic heterocycles. The number of hydrogen-bond acceptors (Lipinski definition) is 4. The molecule has 0 radical (unpaired) electrons. The molecule has 1 saturated heterocycles. The van der Waals surface area contributed by atoms with Crippen molar-refractivity contribution in [2.24, 2.45) is 4.99 Å². The molecule has 8 heteroatoms. The fourth-order valence-electron chi connectivity index (χ4n) is 3.36. The summed E-state index contributed by atoms with van der Waals surface area (Å²) in [5, 5.41) is 6.90. The summed E-state index contributed by atoms with van der Waals surface area (Å²) in [5.74, 6) is 1.52. The minimum atomic E-state index is -0.200. The first-order chi connectivity index (χ1) is 13.7. The smallest absolute Gasteiger partial charge is 0.191 e. The van der Waals surface area contributed by atoms with E-state index in [0.717, 1.165) is 56.3 Å². The number of ether oxygens (including phenoxy) is 1. The average molecular weight is 516 g/mol. The highest BCUT2D eigenvalue weighted by Crippen LogP contribution is 2.20. The van der Waals surface area contributed by atoms with Gasteiger partial charge in [-0.3, -0.25) is 4.99 Å². The summed E-state index contributed by atoms with van der Waals surface area (Å²) >= 11 is 0. The van der Waals surface area contributed by atoms with Crippen molar-refractivity contribution in [2.45, 2.75) is 25.3 Å². The van der Waals surface area contributed by atoms with E-state index in [4.69, 9.17) is 9.15 Å². The largest absolute Gasteiger partial charge is 0.469 e. The van der Waals surface area contributed by atoms with E-state index in [9.17, 15) is 4.39 Å². The van der Waals surface area contributed by atoms with Gasteiger partial charge in [0.25, 0.3) is 0 Å². The van der Waals surface area contributed by atoms with Crippen molar-refractivity contribution >= 4 is 35.6 Å². The van der Waals surface area contributed by atoms with Crippen LogP contribution in [0, 0.1) is 5.82 Å². The molecule has 6 nitrogen and oxygen atoms in total. The minimum Gasteiger partial charge on any atom is -0.469 e. The van der Waals surface area contributed by atoms with Crippen molar-refractivity contribution in [1.82, 2.24) is 10.6 Å². The molecule has 0 bridgehead atoms. The molecule has 160 valence electrons. The zero-order valence-electron chi connectivity index (χ0n) is 16.8. The number of nitrogens with one attached hydrogen (secondary N) is 2. The van der Waals surface area contributed by atoms with E-state index < -0.39 is 0 Å². The molecule has 2 N–H and O–H groups in total. The molecule has 0 saturated carbocycles. The summed E-state index contributed by atoms with van der Waals surface area (Å²) in [6.45, 7) is 3.64. The lowest BCUT2D eigenvalue weighted by molar-refractivity contribution is 0.207. The van der Waals surface area contributed by atoms with Crippen molar-refractivity contribution in [3.63, 3.8) is 0 Å². The fourth-order valence-corrected chi connectivity index (χ4v) is 3.36. The van der Waals surface area contributed by atoms with Gasteiger partial charge in [0.05, 0.1) is 19.4 Å². The van der Waals surface area contributed by atoms with Crippen LogP contribution in [0.4, 0.5) is 10.1 Å². The number of aliphatic imine (C=N–C) groups is 1. The van der Waals surface area contributed by atoms with Crippen molar-refractivity contribution in [1.29, 1.82) is 0 Å². The second-order valence-corrected chi connectivity index (χ2v) is 6.89. The van der Waals surface area contributed by atoms with Gasteiger partial charge in [0.2, 0.25) is 0 Å². The van der Waals surface area contributed by atoms with Crippen LogP contribution in [-0.2, 0) is 11.2 Å². The van der Waals surface area contributed by atoms with Gasteiger partial charge in [-0.2, -0.15) is 0 Å². The van der Waals surface area contributed by atoms with Crippen LogP contribution in [0.3, 0.4) is 0 Å². The van der Waals surface area contributed by atoms with Crippen LogP contribution in [0.2, 0.25) is 0 Å². The summed E-state index contributed by atoms with van der Waals surface area (Å²) in [7, 11) is 1.67. The van der Waals surface area contributed by atoms with E-state index in [2.05, 4.69) is 20.5 Å². The minimum absolute atomic E-state index is 0. The van der Waals surface area contributed by atoms with Gasteiger partial charge in [-0.05, 0) is 43.2 Å². The maximum atomic E-state index is 13.6. The first-order valence-corrected chi connectivity index (χ1v) is 9.81. The first kappa shape index (κ1) is 23.5. The Morgan fingerprint density at radius 1 is 1.34 bits per heavy atom. The first-order valence-electron chi connectivity index (χ1n) is 9.81. The highest BCUT2D eigenvalue weighted by Gasteiger charge is 2.21. The van der Waals surface area contributed by atoms with Crippen molar-refractivity contribution in [3.8, 4) is 0 Å². The molecule has 3 rings (SSSR count). The summed E-state index contributed by atoms with van der Waals surface area (Å²) in [6.07, 6.45) is 4.57. The number of benzene rings is 1. The second-order valence-electron chi connectivity index (χ2n) is 6.89. The zero-order chi connectivity index (χ0) is 19.6. The molecule has 1 aromatic carbocycles. The Morgan fingerprint density at radius 3 is 3.00 bits per heavy atom. The average Bonchev–Trinajstić information content (AvgIpc) is 3.22. The topological polar surface area (TPSA) is 62.0 Å². The Bertz CT molecular complexity index is 742. The highest BCUT2D eigenvalue weighted by molar-refractivity contribution is 14.0. The van der Waals surface area contributed by atoms with E-state index >= 15 is 0 Å². The SMILES string of the molecule is COCCN=C(NCCc1ccco1)NC1CCCN(c2cccc(F)c2)C1.I. The normalized spacial score (nSPS) is 17.0. The van der Waals surface area contributed by atoms with Gasteiger partial charge in [0.1, 0.15) is 11.6 Å². The maximum Gasteiger partial charge on any atom is 0.191 e. The fraction of sp³-hybridized carbons (Fsp3) is 0.476. The number of furan rings is 1. The summed E-state index contributed by atoms with van der Waals surface area (Å²) in [4.78, 5) is 6.82. The summed E-state index contributed by atoms with van der Waals surface area (Å²) in [6, 6.07) is 10.9. The van der Waals surface area contributed by atoms with E-state index in [0.29, 0.717) is 13.2 Å². The number of piperidine rings is 1. The van der Waals surface area contributed by atoms with Crippen LogP contribution >= 0.6 is 24.0 Å². The number of methoxy groups -OCH3 is 1. The Morgan fingerprint density at radius 2 is 2.24 bits per heavy atom. The molecule has 1 aliphatic rings. The highest BCUT2D eigenvalue weighted by atomic mass is 127. The lowest BCUT2D eigenvalue weighted by Gasteiger charge is -2.35. The van der Waals surface area contributed by atoms with E-state index in [1.54, 1.807) is 25.5 Å². The maximum absolute atomic E-state index is 13.6. The van der Waals surface area contributed by atoms with E-state index in [-0.39, 0.29) is 35.8 Å². The van der Waals surface area contributed by atoms with Crippen molar-refractivity contribution in [2.75, 3.05) is 44.8 Å². The van der Waals surface area contributed by atoms with Crippen molar-refractivity contribution in [3.05, 3.63) is 54.2 Å². The van der Waals surface area contributed by atoms with Gasteiger partial charge in [-0.15, -0.1) is 24.0 Å². The number of nitrogens with zero attached hydrogens (tertiary/aromatic N) is 2. The third-order valence-electron chi connectivity index (χ3n) is 4.74. The molecule has 1 aromatic heterocycles. The van der Waals surface area contributed by atoms with Gasteiger partial charge in [-0.1, -0.05) is 6.07 Å². The van der Waals surface area contributed by atoms with Crippen LogP contribution in [0.25, 0.3) is 0 Å². The third kappa shape index (κ3) is 7.85. The van der Waals surface area contributed by atoms with Crippen LogP contribution < -0.4 is 15.5 Å². The van der Waals surface area contributed by atoms with E-state index in [1.165, 1.54) is 6.07 Å². The molecule has 2 heterocycles. The Hall–Kier alpha value is -1.81. The molecular formula is C21H30FIN4O2. The van der Waals surface area contributed by atoms with Gasteiger partial charge in [-0.25, -0.2) is 4.39 Å². The number of halogens is 2. The lowest BCUT2D eigenvalue weighted by Crippen LogP contribution is -2.51. The predicted molar refractivity (Wildman–Crippen MR) is 125 cm³/mol. The molecule has 1 fully saturated rings. The zero-order valence-corrected chi connectivity index (χ0v) is 19.1. The molecule has 2 aromatic rings. The molecule has 29 heavy (non-hydrogen) atoms. The quantitative estimate of drug-likeness (QED) is 0.244. The summed E-state index contributed by atoms with van der Waals surface area (Å²) < 4.78 is 24.1. The van der Waals surface area contributed by atoms with Gasteiger partial charge < -0.3 is 24.7 Å².